The Bertz CT molecular complexity index is 446. The Hall–Kier alpha value is -0.950. The van der Waals surface area contributed by atoms with Crippen LogP contribution in [0, 0.1) is 0 Å². The SMILES string of the molecule is CC(C)NCC(O)NS(=O)(=O)Cc1ccccc1. The van der Waals surface area contributed by atoms with Crippen molar-refractivity contribution in [3.63, 3.8) is 0 Å². The number of rotatable bonds is 7. The molecule has 1 unspecified atom stereocenters. The molecule has 0 spiro atoms. The lowest BCUT2D eigenvalue weighted by atomic mass is 10.2. The van der Waals surface area contributed by atoms with Crippen LogP contribution in [0.4, 0.5) is 0 Å². The molecule has 1 rings (SSSR count). The molecule has 0 aliphatic heterocycles. The highest BCUT2D eigenvalue weighted by atomic mass is 32.2. The molecule has 1 atom stereocenters. The zero-order valence-electron chi connectivity index (χ0n) is 10.6. The Morgan fingerprint density at radius 1 is 1.22 bits per heavy atom. The van der Waals surface area contributed by atoms with Crippen LogP contribution in [0.1, 0.15) is 19.4 Å². The molecular formula is C12H20N2O3S. The lowest BCUT2D eigenvalue weighted by molar-refractivity contribution is 0.158. The molecule has 0 radical (unpaired) electrons. The van der Waals surface area contributed by atoms with Crippen LogP contribution in [-0.2, 0) is 15.8 Å². The topological polar surface area (TPSA) is 78.4 Å². The van der Waals surface area contributed by atoms with E-state index in [1.165, 1.54) is 0 Å². The number of sulfonamides is 1. The fourth-order valence-electron chi connectivity index (χ4n) is 1.43. The molecule has 5 nitrogen and oxygen atoms in total. The van der Waals surface area contributed by atoms with Crippen molar-refractivity contribution < 1.29 is 13.5 Å². The Morgan fingerprint density at radius 2 is 1.83 bits per heavy atom. The Morgan fingerprint density at radius 3 is 2.39 bits per heavy atom. The molecule has 0 fully saturated rings. The summed E-state index contributed by atoms with van der Waals surface area (Å²) in [5.74, 6) is -0.132. The second-order valence-corrected chi connectivity index (χ2v) is 6.20. The number of aliphatic hydroxyl groups excluding tert-OH is 1. The number of nitrogens with one attached hydrogen (secondary N) is 2. The van der Waals surface area contributed by atoms with Gasteiger partial charge in [-0.3, -0.25) is 0 Å². The number of aliphatic hydroxyl groups is 1. The van der Waals surface area contributed by atoms with Gasteiger partial charge in [0, 0.05) is 12.6 Å². The molecule has 102 valence electrons. The zero-order valence-corrected chi connectivity index (χ0v) is 11.4. The number of hydrogen-bond acceptors (Lipinski definition) is 4. The van der Waals surface area contributed by atoms with Crippen LogP contribution in [0.25, 0.3) is 0 Å². The quantitative estimate of drug-likeness (QED) is 0.629. The summed E-state index contributed by atoms with van der Waals surface area (Å²) < 4.78 is 25.7. The van der Waals surface area contributed by atoms with Crippen molar-refractivity contribution in [2.75, 3.05) is 6.54 Å². The normalized spacial score (nSPS) is 13.8. The van der Waals surface area contributed by atoms with E-state index in [1.54, 1.807) is 24.3 Å². The molecule has 6 heteroatoms. The molecule has 0 bridgehead atoms. The monoisotopic (exact) mass is 272 g/mol. The summed E-state index contributed by atoms with van der Waals surface area (Å²) in [7, 11) is -3.52. The summed E-state index contributed by atoms with van der Waals surface area (Å²) in [6.07, 6.45) is -1.11. The summed E-state index contributed by atoms with van der Waals surface area (Å²) in [5, 5.41) is 12.5. The van der Waals surface area contributed by atoms with E-state index in [-0.39, 0.29) is 18.3 Å². The average Bonchev–Trinajstić information content (AvgIpc) is 2.26. The van der Waals surface area contributed by atoms with Gasteiger partial charge >= 0.3 is 0 Å². The van der Waals surface area contributed by atoms with Crippen LogP contribution in [0.5, 0.6) is 0 Å². The van der Waals surface area contributed by atoms with Gasteiger partial charge in [0.2, 0.25) is 10.0 Å². The third kappa shape index (κ3) is 6.11. The van der Waals surface area contributed by atoms with E-state index < -0.39 is 16.3 Å². The van der Waals surface area contributed by atoms with Crippen LogP contribution in [-0.4, -0.2) is 32.3 Å². The maximum Gasteiger partial charge on any atom is 0.217 e. The lowest BCUT2D eigenvalue weighted by Gasteiger charge is -2.15. The lowest BCUT2D eigenvalue weighted by Crippen LogP contribution is -2.43. The van der Waals surface area contributed by atoms with Crippen molar-refractivity contribution in [3.8, 4) is 0 Å². The first kappa shape index (κ1) is 15.1. The molecule has 1 aromatic carbocycles. The highest BCUT2D eigenvalue weighted by Gasteiger charge is 2.16. The van der Waals surface area contributed by atoms with Crippen molar-refractivity contribution in [2.45, 2.75) is 31.9 Å². The molecule has 0 heterocycles. The first-order chi connectivity index (χ1) is 8.39. The predicted molar refractivity (Wildman–Crippen MR) is 71.3 cm³/mol. The molecule has 0 aliphatic carbocycles. The smallest absolute Gasteiger partial charge is 0.217 e. The van der Waals surface area contributed by atoms with Gasteiger partial charge in [-0.05, 0) is 5.56 Å². The van der Waals surface area contributed by atoms with Crippen molar-refractivity contribution in [3.05, 3.63) is 35.9 Å². The maximum absolute atomic E-state index is 11.8. The molecule has 0 aliphatic rings. The van der Waals surface area contributed by atoms with Crippen molar-refractivity contribution in [1.82, 2.24) is 10.0 Å². The average molecular weight is 272 g/mol. The highest BCUT2D eigenvalue weighted by molar-refractivity contribution is 7.88. The Kier molecular flexibility index (Phi) is 5.74. The zero-order chi connectivity index (χ0) is 13.6. The molecule has 0 amide bonds. The standard InChI is InChI=1S/C12H20N2O3S/c1-10(2)13-8-12(15)14-18(16,17)9-11-6-4-3-5-7-11/h3-7,10,12-15H,8-9H2,1-2H3. The largest absolute Gasteiger partial charge is 0.376 e. The minimum Gasteiger partial charge on any atom is -0.376 e. The van der Waals surface area contributed by atoms with E-state index in [4.69, 9.17) is 0 Å². The molecule has 0 aromatic heterocycles. The summed E-state index contributed by atoms with van der Waals surface area (Å²) in [6.45, 7) is 4.03. The van der Waals surface area contributed by atoms with Gasteiger partial charge in [0.05, 0.1) is 5.75 Å². The first-order valence-electron chi connectivity index (χ1n) is 5.84. The van der Waals surface area contributed by atoms with Gasteiger partial charge in [0.15, 0.2) is 0 Å². The van der Waals surface area contributed by atoms with Gasteiger partial charge in [-0.2, -0.15) is 4.72 Å². The van der Waals surface area contributed by atoms with E-state index >= 15 is 0 Å². The van der Waals surface area contributed by atoms with Gasteiger partial charge in [-0.1, -0.05) is 44.2 Å². The summed E-state index contributed by atoms with van der Waals surface area (Å²) >= 11 is 0. The highest BCUT2D eigenvalue weighted by Crippen LogP contribution is 2.04. The molecule has 3 N–H and O–H groups in total. The van der Waals surface area contributed by atoms with Gasteiger partial charge in [0.25, 0.3) is 0 Å². The van der Waals surface area contributed by atoms with Crippen molar-refractivity contribution >= 4 is 10.0 Å². The van der Waals surface area contributed by atoms with Crippen LogP contribution in [0.15, 0.2) is 30.3 Å². The minimum absolute atomic E-state index is 0.132. The van der Waals surface area contributed by atoms with E-state index in [1.807, 2.05) is 19.9 Å². The second kappa shape index (κ2) is 6.84. The molecule has 0 saturated heterocycles. The van der Waals surface area contributed by atoms with Crippen LogP contribution >= 0.6 is 0 Å². The van der Waals surface area contributed by atoms with Gasteiger partial charge in [0.1, 0.15) is 6.23 Å². The predicted octanol–water partition coefficient (Wildman–Crippen LogP) is 0.422. The van der Waals surface area contributed by atoms with Gasteiger partial charge < -0.3 is 10.4 Å². The fourth-order valence-corrected chi connectivity index (χ4v) is 2.64. The number of benzene rings is 1. The van der Waals surface area contributed by atoms with E-state index in [0.29, 0.717) is 5.56 Å². The van der Waals surface area contributed by atoms with Crippen LogP contribution in [0.2, 0.25) is 0 Å². The minimum atomic E-state index is -3.52. The molecule has 18 heavy (non-hydrogen) atoms. The Balaban J connectivity index is 2.49. The first-order valence-corrected chi connectivity index (χ1v) is 7.49. The van der Waals surface area contributed by atoms with Crippen LogP contribution in [0.3, 0.4) is 0 Å². The van der Waals surface area contributed by atoms with Crippen molar-refractivity contribution in [2.24, 2.45) is 0 Å². The fraction of sp³-hybridized carbons (Fsp3) is 0.500. The van der Waals surface area contributed by atoms with Crippen molar-refractivity contribution in [1.29, 1.82) is 0 Å². The maximum atomic E-state index is 11.8. The Labute approximate surface area is 108 Å². The van der Waals surface area contributed by atoms with Gasteiger partial charge in [-0.15, -0.1) is 0 Å². The molecule has 0 saturated carbocycles. The third-order valence-corrected chi connectivity index (χ3v) is 3.58. The third-order valence-electron chi connectivity index (χ3n) is 2.23. The van der Waals surface area contributed by atoms with E-state index in [2.05, 4.69) is 10.0 Å². The molecule has 1 aromatic rings. The summed E-state index contributed by atoms with van der Waals surface area (Å²) in [6, 6.07) is 9.04. The van der Waals surface area contributed by atoms with Crippen LogP contribution < -0.4 is 10.0 Å². The number of hydrogen-bond donors (Lipinski definition) is 3. The molecular weight excluding hydrogens is 252 g/mol. The van der Waals surface area contributed by atoms with E-state index in [0.717, 1.165) is 0 Å². The summed E-state index contributed by atoms with van der Waals surface area (Å²) in [5.41, 5.74) is 0.689. The van der Waals surface area contributed by atoms with E-state index in [9.17, 15) is 13.5 Å². The summed E-state index contributed by atoms with van der Waals surface area (Å²) in [4.78, 5) is 0. The second-order valence-electron chi connectivity index (χ2n) is 4.44. The van der Waals surface area contributed by atoms with Gasteiger partial charge in [-0.25, -0.2) is 8.42 Å².